The lowest BCUT2D eigenvalue weighted by Gasteiger charge is -2.26. The van der Waals surface area contributed by atoms with Crippen LogP contribution in [0.4, 0.5) is 0 Å². The van der Waals surface area contributed by atoms with Gasteiger partial charge in [0.25, 0.3) is 5.91 Å². The molecule has 150 valence electrons. The van der Waals surface area contributed by atoms with E-state index in [1.165, 1.54) is 36.7 Å². The van der Waals surface area contributed by atoms with Crippen LogP contribution >= 0.6 is 11.8 Å². The minimum absolute atomic E-state index is 0.157. The lowest BCUT2D eigenvalue weighted by molar-refractivity contribution is -0.117. The van der Waals surface area contributed by atoms with E-state index in [4.69, 9.17) is 4.74 Å². The number of benzene rings is 1. The largest absolute Gasteiger partial charge is 0.497 e. The number of imide groups is 1. The molecule has 1 aromatic carbocycles. The summed E-state index contributed by atoms with van der Waals surface area (Å²) in [5, 5.41) is 3.32. The van der Waals surface area contributed by atoms with Crippen LogP contribution in [-0.4, -0.2) is 34.2 Å². The summed E-state index contributed by atoms with van der Waals surface area (Å²) in [6.07, 6.45) is 6.09. The van der Waals surface area contributed by atoms with Crippen molar-refractivity contribution in [2.45, 2.75) is 57.1 Å². The Labute approximate surface area is 170 Å². The van der Waals surface area contributed by atoms with Gasteiger partial charge in [-0.1, -0.05) is 31.0 Å². The van der Waals surface area contributed by atoms with Crippen molar-refractivity contribution in [3.8, 4) is 5.75 Å². The van der Waals surface area contributed by atoms with Gasteiger partial charge in [-0.3, -0.25) is 14.9 Å². The van der Waals surface area contributed by atoms with Crippen LogP contribution in [0.15, 0.2) is 29.4 Å². The molecule has 0 atom stereocenters. The number of hydrogen-bond donors (Lipinski definition) is 1. The van der Waals surface area contributed by atoms with Crippen LogP contribution in [-0.2, 0) is 4.79 Å². The Morgan fingerprint density at radius 1 is 1.18 bits per heavy atom. The molecule has 1 N–H and O–H groups in total. The van der Waals surface area contributed by atoms with Crippen molar-refractivity contribution in [1.82, 2.24) is 14.9 Å². The SMILES string of the molecule is COc1ccc(C(=O)NC(=O)CSc2nc(C)c(C)n2C2CCCCC2)cc1. The van der Waals surface area contributed by atoms with Crippen molar-refractivity contribution in [2.24, 2.45) is 0 Å². The molecule has 2 amide bonds. The molecule has 1 saturated carbocycles. The summed E-state index contributed by atoms with van der Waals surface area (Å²) in [6, 6.07) is 7.12. The topological polar surface area (TPSA) is 73.2 Å². The molecule has 0 radical (unpaired) electrons. The zero-order valence-corrected chi connectivity index (χ0v) is 17.5. The van der Waals surface area contributed by atoms with Crippen LogP contribution in [0.5, 0.6) is 5.75 Å². The van der Waals surface area contributed by atoms with E-state index in [1.807, 2.05) is 6.92 Å². The number of carbonyl (C=O) groups excluding carboxylic acids is 2. The van der Waals surface area contributed by atoms with Crippen molar-refractivity contribution >= 4 is 23.6 Å². The molecule has 3 rings (SSSR count). The molecule has 0 unspecified atom stereocenters. The maximum absolute atomic E-state index is 12.3. The van der Waals surface area contributed by atoms with Crippen molar-refractivity contribution in [2.75, 3.05) is 12.9 Å². The fourth-order valence-electron chi connectivity index (χ4n) is 3.57. The van der Waals surface area contributed by atoms with Gasteiger partial charge in [0.15, 0.2) is 5.16 Å². The summed E-state index contributed by atoms with van der Waals surface area (Å²) in [4.78, 5) is 29.2. The molecular formula is C21H27N3O3S. The maximum atomic E-state index is 12.3. The molecule has 1 aliphatic carbocycles. The molecule has 0 bridgehead atoms. The van der Waals surface area contributed by atoms with Crippen LogP contribution < -0.4 is 10.1 Å². The molecule has 0 aliphatic heterocycles. The highest BCUT2D eigenvalue weighted by molar-refractivity contribution is 7.99. The van der Waals surface area contributed by atoms with Crippen molar-refractivity contribution < 1.29 is 14.3 Å². The highest BCUT2D eigenvalue weighted by atomic mass is 32.2. The Kier molecular flexibility index (Phi) is 6.78. The first kappa shape index (κ1) is 20.5. The number of nitrogens with zero attached hydrogens (tertiary/aromatic N) is 2. The van der Waals surface area contributed by atoms with E-state index in [-0.39, 0.29) is 11.7 Å². The molecule has 0 spiro atoms. The van der Waals surface area contributed by atoms with Gasteiger partial charge in [0.2, 0.25) is 5.91 Å². The Morgan fingerprint density at radius 2 is 1.86 bits per heavy atom. The maximum Gasteiger partial charge on any atom is 0.257 e. The number of hydrogen-bond acceptors (Lipinski definition) is 5. The van der Waals surface area contributed by atoms with E-state index >= 15 is 0 Å². The molecule has 6 nitrogen and oxygen atoms in total. The normalized spacial score (nSPS) is 14.7. The van der Waals surface area contributed by atoms with Crippen LogP contribution in [0.2, 0.25) is 0 Å². The van der Waals surface area contributed by atoms with Gasteiger partial charge in [-0.15, -0.1) is 0 Å². The number of amides is 2. The third-order valence-electron chi connectivity index (χ3n) is 5.23. The number of thioether (sulfide) groups is 1. The van der Waals surface area contributed by atoms with Gasteiger partial charge >= 0.3 is 0 Å². The third-order valence-corrected chi connectivity index (χ3v) is 6.18. The van der Waals surface area contributed by atoms with Crippen LogP contribution in [0, 0.1) is 13.8 Å². The fourth-order valence-corrected chi connectivity index (χ4v) is 4.53. The smallest absolute Gasteiger partial charge is 0.257 e. The lowest BCUT2D eigenvalue weighted by atomic mass is 9.95. The van der Waals surface area contributed by atoms with E-state index < -0.39 is 5.91 Å². The number of methoxy groups -OCH3 is 1. The van der Waals surface area contributed by atoms with Gasteiger partial charge < -0.3 is 9.30 Å². The van der Waals surface area contributed by atoms with Crippen LogP contribution in [0.25, 0.3) is 0 Å². The molecule has 1 fully saturated rings. The summed E-state index contributed by atoms with van der Waals surface area (Å²) in [5.41, 5.74) is 2.60. The van der Waals surface area contributed by atoms with Crippen LogP contribution in [0.1, 0.15) is 59.9 Å². The van der Waals surface area contributed by atoms with Gasteiger partial charge in [-0.2, -0.15) is 0 Å². The van der Waals surface area contributed by atoms with Gasteiger partial charge in [0.05, 0.1) is 18.6 Å². The molecule has 1 heterocycles. The summed E-state index contributed by atoms with van der Waals surface area (Å²) < 4.78 is 7.37. The number of rotatable bonds is 6. The second kappa shape index (κ2) is 9.28. The lowest BCUT2D eigenvalue weighted by Crippen LogP contribution is -2.32. The minimum atomic E-state index is -0.406. The van der Waals surface area contributed by atoms with Gasteiger partial charge in [-0.05, 0) is 51.0 Å². The van der Waals surface area contributed by atoms with E-state index in [0.717, 1.165) is 23.7 Å². The first-order valence-electron chi connectivity index (χ1n) is 9.66. The van der Waals surface area contributed by atoms with Gasteiger partial charge in [0, 0.05) is 17.3 Å². The predicted octanol–water partition coefficient (Wildman–Crippen LogP) is 4.06. The summed E-state index contributed by atoms with van der Waals surface area (Å²) >= 11 is 1.39. The molecule has 0 saturated heterocycles. The summed E-state index contributed by atoms with van der Waals surface area (Å²) in [6.45, 7) is 4.10. The summed E-state index contributed by atoms with van der Waals surface area (Å²) in [5.74, 6) is 0.0964. The number of carbonyl (C=O) groups is 2. The second-order valence-electron chi connectivity index (χ2n) is 7.12. The Balaban J connectivity index is 1.61. The van der Waals surface area contributed by atoms with E-state index in [1.54, 1.807) is 31.4 Å². The Hall–Kier alpha value is -2.28. The Bertz CT molecular complexity index is 839. The first-order valence-corrected chi connectivity index (χ1v) is 10.6. The number of aryl methyl sites for hydroxylation is 1. The monoisotopic (exact) mass is 401 g/mol. The molecular weight excluding hydrogens is 374 g/mol. The number of imidazole rings is 1. The molecule has 7 heteroatoms. The highest BCUT2D eigenvalue weighted by Crippen LogP contribution is 2.34. The zero-order chi connectivity index (χ0) is 20.1. The highest BCUT2D eigenvalue weighted by Gasteiger charge is 2.22. The minimum Gasteiger partial charge on any atom is -0.497 e. The first-order chi connectivity index (χ1) is 13.5. The van der Waals surface area contributed by atoms with Gasteiger partial charge in [-0.25, -0.2) is 4.98 Å². The van der Waals surface area contributed by atoms with Crippen molar-refractivity contribution in [3.05, 3.63) is 41.2 Å². The molecule has 1 aliphatic rings. The second-order valence-corrected chi connectivity index (χ2v) is 8.06. The molecule has 28 heavy (non-hydrogen) atoms. The van der Waals surface area contributed by atoms with Crippen molar-refractivity contribution in [1.29, 1.82) is 0 Å². The summed E-state index contributed by atoms with van der Waals surface area (Å²) in [7, 11) is 1.57. The van der Waals surface area contributed by atoms with E-state index in [9.17, 15) is 9.59 Å². The third kappa shape index (κ3) is 4.76. The fraction of sp³-hybridized carbons (Fsp3) is 0.476. The average Bonchev–Trinajstić information content (AvgIpc) is 3.00. The van der Waals surface area contributed by atoms with E-state index in [0.29, 0.717) is 17.4 Å². The zero-order valence-electron chi connectivity index (χ0n) is 16.7. The Morgan fingerprint density at radius 3 is 2.50 bits per heavy atom. The average molecular weight is 402 g/mol. The van der Waals surface area contributed by atoms with Crippen LogP contribution in [0.3, 0.4) is 0 Å². The quantitative estimate of drug-likeness (QED) is 0.739. The number of aromatic nitrogens is 2. The standard InChI is InChI=1S/C21H27N3O3S/c1-14-15(2)24(17-7-5-4-6-8-17)21(22-14)28-13-19(25)23-20(26)16-9-11-18(27-3)12-10-16/h9-12,17H,4-8,13H2,1-3H3,(H,23,25,26). The van der Waals surface area contributed by atoms with Crippen molar-refractivity contribution in [3.63, 3.8) is 0 Å². The number of nitrogens with one attached hydrogen (secondary N) is 1. The predicted molar refractivity (Wildman–Crippen MR) is 110 cm³/mol. The van der Waals surface area contributed by atoms with Gasteiger partial charge in [0.1, 0.15) is 5.75 Å². The van der Waals surface area contributed by atoms with E-state index in [2.05, 4.69) is 21.8 Å². The molecule has 2 aromatic rings. The number of ether oxygens (including phenoxy) is 1. The molecule has 1 aromatic heterocycles.